The highest BCUT2D eigenvalue weighted by Gasteiger charge is 2.27. The van der Waals surface area contributed by atoms with Gasteiger partial charge in [-0.05, 0) is 102 Å². The first-order valence-corrected chi connectivity index (χ1v) is 33.7. The van der Waals surface area contributed by atoms with Crippen molar-refractivity contribution in [3.63, 3.8) is 0 Å². The molecule has 0 bridgehead atoms. The van der Waals surface area contributed by atoms with Gasteiger partial charge in [0.2, 0.25) is 5.91 Å². The van der Waals surface area contributed by atoms with Crippen LogP contribution in [0.2, 0.25) is 0 Å². The molecule has 1 amide bonds. The molecule has 0 aliphatic heterocycles. The maximum Gasteiger partial charge on any atom is 0.306 e. The summed E-state index contributed by atoms with van der Waals surface area (Å²) in [4.78, 5) is 40.0. The van der Waals surface area contributed by atoms with Crippen molar-refractivity contribution < 1.29 is 37.3 Å². The smallest absolute Gasteiger partial charge is 0.306 e. The molecule has 77 heavy (non-hydrogen) atoms. The molecule has 0 radical (unpaired) electrons. The Morgan fingerprint density at radius 3 is 1.21 bits per heavy atom. The molecule has 0 saturated carbocycles. The highest BCUT2D eigenvalue weighted by molar-refractivity contribution is 7.45. The number of phosphoric acid groups is 1. The molecule has 0 saturated heterocycles. The summed E-state index contributed by atoms with van der Waals surface area (Å²) in [5, 5.41) is 3.03. The highest BCUT2D eigenvalue weighted by atomic mass is 31.2. The monoisotopic (exact) mass is 1100 g/mol. The zero-order valence-corrected chi connectivity index (χ0v) is 52.0. The summed E-state index contributed by atoms with van der Waals surface area (Å²) in [7, 11) is 1.17. The SMILES string of the molecule is CCCCC/C=C\C/C=C\C/C=C\CCCCCCCCCCCCC(=O)OC(/C=C\CCCCCCCCCCC)C(COP(=O)([O-])OCC[N+](C)(C)C)NC(=O)CCCCCCCCC/C=C\C/C=C\CCCCC. The molecular weight excluding hydrogens is 976 g/mol. The van der Waals surface area contributed by atoms with E-state index in [1.165, 1.54) is 161 Å². The minimum absolute atomic E-state index is 0.0265. The maximum absolute atomic E-state index is 13.5. The third-order valence-corrected chi connectivity index (χ3v) is 15.1. The lowest BCUT2D eigenvalue weighted by Gasteiger charge is -2.30. The lowest BCUT2D eigenvalue weighted by atomic mass is 10.0. The average molecular weight is 1100 g/mol. The fourth-order valence-corrected chi connectivity index (χ4v) is 9.81. The summed E-state index contributed by atoms with van der Waals surface area (Å²) in [5.41, 5.74) is 0. The van der Waals surface area contributed by atoms with E-state index in [4.69, 9.17) is 13.8 Å². The van der Waals surface area contributed by atoms with E-state index < -0.39 is 26.6 Å². The Bertz CT molecular complexity index is 1550. The summed E-state index contributed by atoms with van der Waals surface area (Å²) in [6.45, 7) is 6.79. The van der Waals surface area contributed by atoms with E-state index >= 15 is 0 Å². The number of carbonyl (C=O) groups is 2. The number of rotatable bonds is 58. The van der Waals surface area contributed by atoms with Gasteiger partial charge in [0.1, 0.15) is 19.3 Å². The second-order valence-electron chi connectivity index (χ2n) is 22.9. The van der Waals surface area contributed by atoms with Gasteiger partial charge in [-0.15, -0.1) is 0 Å². The Morgan fingerprint density at radius 1 is 0.455 bits per heavy atom. The molecule has 0 aromatic heterocycles. The second-order valence-corrected chi connectivity index (χ2v) is 24.3. The van der Waals surface area contributed by atoms with E-state index in [-0.39, 0.29) is 24.9 Å². The van der Waals surface area contributed by atoms with Crippen LogP contribution in [0, 0.1) is 0 Å². The predicted molar refractivity (Wildman–Crippen MR) is 330 cm³/mol. The molecule has 1 N–H and O–H groups in total. The Hall–Kier alpha value is -2.55. The Morgan fingerprint density at radius 2 is 0.792 bits per heavy atom. The van der Waals surface area contributed by atoms with Crippen LogP contribution >= 0.6 is 7.82 Å². The van der Waals surface area contributed by atoms with Crippen LogP contribution in [-0.4, -0.2) is 69.4 Å². The summed E-state index contributed by atoms with van der Waals surface area (Å²) in [6, 6.07) is -0.896. The van der Waals surface area contributed by atoms with Crippen molar-refractivity contribution in [2.24, 2.45) is 0 Å². The van der Waals surface area contributed by atoms with E-state index in [9.17, 15) is 19.0 Å². The number of hydrogen-bond donors (Lipinski definition) is 1. The topological polar surface area (TPSA) is 114 Å². The van der Waals surface area contributed by atoms with E-state index in [1.54, 1.807) is 0 Å². The number of ether oxygens (including phenoxy) is 1. The lowest BCUT2D eigenvalue weighted by Crippen LogP contribution is -2.47. The quantitative estimate of drug-likeness (QED) is 0.0212. The fraction of sp³-hybridized carbons (Fsp3) is 0.791. The van der Waals surface area contributed by atoms with Crippen LogP contribution < -0.4 is 10.2 Å². The van der Waals surface area contributed by atoms with Gasteiger partial charge in [-0.1, -0.05) is 248 Å². The number of nitrogens with one attached hydrogen (secondary N) is 1. The number of hydrogen-bond acceptors (Lipinski definition) is 7. The van der Waals surface area contributed by atoms with Crippen LogP contribution in [0.1, 0.15) is 290 Å². The number of esters is 1. The normalized spacial score (nSPS) is 14.1. The van der Waals surface area contributed by atoms with Crippen molar-refractivity contribution in [1.82, 2.24) is 5.32 Å². The molecule has 448 valence electrons. The van der Waals surface area contributed by atoms with Gasteiger partial charge in [0.15, 0.2) is 0 Å². The summed E-state index contributed by atoms with van der Waals surface area (Å²) < 4.78 is 30.3. The first-order valence-electron chi connectivity index (χ1n) is 32.2. The third kappa shape index (κ3) is 57.9. The van der Waals surface area contributed by atoms with E-state index in [0.717, 1.165) is 96.3 Å². The zero-order valence-electron chi connectivity index (χ0n) is 51.2. The van der Waals surface area contributed by atoms with Crippen LogP contribution in [0.5, 0.6) is 0 Å². The summed E-state index contributed by atoms with van der Waals surface area (Å²) in [5.74, 6) is -0.551. The largest absolute Gasteiger partial charge is 0.756 e. The highest BCUT2D eigenvalue weighted by Crippen LogP contribution is 2.38. The Labute approximate surface area is 476 Å². The van der Waals surface area contributed by atoms with E-state index in [2.05, 4.69) is 86.8 Å². The first kappa shape index (κ1) is 74.5. The van der Waals surface area contributed by atoms with Crippen LogP contribution in [0.4, 0.5) is 0 Å². The van der Waals surface area contributed by atoms with Crippen LogP contribution in [-0.2, 0) is 27.9 Å². The van der Waals surface area contributed by atoms with E-state index in [1.807, 2.05) is 33.3 Å². The van der Waals surface area contributed by atoms with Gasteiger partial charge >= 0.3 is 5.97 Å². The van der Waals surface area contributed by atoms with Crippen LogP contribution in [0.25, 0.3) is 0 Å². The molecule has 0 spiro atoms. The fourth-order valence-electron chi connectivity index (χ4n) is 9.09. The van der Waals surface area contributed by atoms with Gasteiger partial charge in [-0.25, -0.2) is 0 Å². The molecule has 10 heteroatoms. The lowest BCUT2D eigenvalue weighted by molar-refractivity contribution is -0.870. The second kappa shape index (κ2) is 56.7. The van der Waals surface area contributed by atoms with Gasteiger partial charge < -0.3 is 28.5 Å². The average Bonchev–Trinajstić information content (AvgIpc) is 3.39. The van der Waals surface area contributed by atoms with Crippen molar-refractivity contribution in [1.29, 1.82) is 0 Å². The van der Waals surface area contributed by atoms with Crippen molar-refractivity contribution >= 4 is 19.7 Å². The number of quaternary nitrogens is 1. The Kier molecular flexibility index (Phi) is 54.8. The molecule has 0 fully saturated rings. The number of nitrogens with zero attached hydrogens (tertiary/aromatic N) is 1. The molecule has 0 rings (SSSR count). The van der Waals surface area contributed by atoms with Crippen LogP contribution in [0.15, 0.2) is 72.9 Å². The van der Waals surface area contributed by atoms with Crippen molar-refractivity contribution in [3.05, 3.63) is 72.9 Å². The third-order valence-electron chi connectivity index (χ3n) is 14.1. The molecule has 9 nitrogen and oxygen atoms in total. The molecule has 0 aromatic carbocycles. The first-order chi connectivity index (χ1) is 37.4. The minimum atomic E-state index is -4.70. The molecule has 3 unspecified atom stereocenters. The molecule has 0 aromatic rings. The minimum Gasteiger partial charge on any atom is -0.756 e. The van der Waals surface area contributed by atoms with Crippen LogP contribution in [0.3, 0.4) is 0 Å². The summed E-state index contributed by atoms with van der Waals surface area (Å²) in [6.07, 6.45) is 72.9. The number of allylic oxidation sites excluding steroid dienone is 11. The van der Waals surface area contributed by atoms with Gasteiger partial charge in [0, 0.05) is 12.8 Å². The molecular formula is C67H123N2O7P. The predicted octanol–water partition coefficient (Wildman–Crippen LogP) is 19.4. The van der Waals surface area contributed by atoms with E-state index in [0.29, 0.717) is 17.4 Å². The molecule has 3 atom stereocenters. The number of amides is 1. The van der Waals surface area contributed by atoms with Gasteiger partial charge in [-0.3, -0.25) is 14.2 Å². The molecule has 0 aliphatic carbocycles. The van der Waals surface area contributed by atoms with Gasteiger partial charge in [-0.2, -0.15) is 0 Å². The standard InChI is InChI=1S/C67H123N2O7P/c1-7-10-13-16-19-22-25-27-29-31-32-33-34-35-36-38-40-42-45-48-51-54-57-60-67(71)76-65(58-55-52-49-46-43-24-21-18-15-12-9-3)64(63-75-77(72,73)74-62-61-69(4,5)6)68-66(70)59-56-53-50-47-44-41-39-37-30-28-26-23-20-17-14-11-8-2/h19-20,22-23,27-30,32-33,55,58,64-65H,7-18,21,24-26,31,34-54,56-57,59-63H2,1-6H3,(H-,68,70,72,73)/b22-19-,23-20-,29-27-,30-28-,33-32-,58-55-. The van der Waals surface area contributed by atoms with Crippen molar-refractivity contribution in [2.75, 3.05) is 40.9 Å². The zero-order chi connectivity index (χ0) is 56.4. The van der Waals surface area contributed by atoms with Crippen molar-refractivity contribution in [3.8, 4) is 0 Å². The van der Waals surface area contributed by atoms with Crippen molar-refractivity contribution in [2.45, 2.75) is 303 Å². The molecule has 0 heterocycles. The Balaban J connectivity index is 5.16. The summed E-state index contributed by atoms with van der Waals surface area (Å²) >= 11 is 0. The van der Waals surface area contributed by atoms with Gasteiger partial charge in [0.25, 0.3) is 7.82 Å². The number of unbranched alkanes of at least 4 members (excludes halogenated alkanes) is 32. The number of likely N-dealkylation sites (N-methyl/N-ethyl adjacent to an activating group) is 1. The number of carbonyl (C=O) groups excluding carboxylic acids is 2. The van der Waals surface area contributed by atoms with Gasteiger partial charge in [0.05, 0.1) is 33.8 Å². The number of phosphoric ester groups is 1. The maximum atomic E-state index is 13.5. The molecule has 0 aliphatic rings.